The fraction of sp³-hybridized carbons (Fsp3) is 0.452. The molecule has 0 bridgehead atoms. The van der Waals surface area contributed by atoms with Crippen molar-refractivity contribution in [2.24, 2.45) is 0 Å². The van der Waals surface area contributed by atoms with Crippen LogP contribution in [0.15, 0.2) is 53.1 Å². The molecule has 0 radical (unpaired) electrons. The van der Waals surface area contributed by atoms with Crippen LogP contribution < -0.4 is 14.8 Å². The van der Waals surface area contributed by atoms with Gasteiger partial charge in [0.15, 0.2) is 11.5 Å². The number of benzene rings is 2. The molecule has 0 spiro atoms. The van der Waals surface area contributed by atoms with Gasteiger partial charge in [-0.25, -0.2) is 4.98 Å². The molecule has 4 aromatic rings. The Hall–Kier alpha value is -3.29. The predicted molar refractivity (Wildman–Crippen MR) is 153 cm³/mol. The summed E-state index contributed by atoms with van der Waals surface area (Å²) in [5, 5.41) is 5.98. The smallest absolute Gasteiger partial charge is 0.163 e. The van der Waals surface area contributed by atoms with Crippen LogP contribution in [-0.2, 0) is 0 Å². The molecular weight excluding hydrogens is 476 g/mol. The second-order valence-electron chi connectivity index (χ2n) is 10.7. The Morgan fingerprint density at radius 3 is 2.66 bits per heavy atom. The quantitative estimate of drug-likeness (QED) is 0.274. The van der Waals surface area contributed by atoms with Crippen LogP contribution in [0.1, 0.15) is 32.1 Å². The van der Waals surface area contributed by atoms with Crippen molar-refractivity contribution in [1.29, 1.82) is 0 Å². The van der Waals surface area contributed by atoms with Crippen molar-refractivity contribution in [2.45, 2.75) is 38.1 Å². The van der Waals surface area contributed by atoms with E-state index in [0.717, 1.165) is 89.2 Å². The summed E-state index contributed by atoms with van der Waals surface area (Å²) in [4.78, 5) is 10.0. The first-order valence-electron chi connectivity index (χ1n) is 14.0. The monoisotopic (exact) mass is 514 g/mol. The van der Waals surface area contributed by atoms with Gasteiger partial charge in [0, 0.05) is 40.7 Å². The number of anilines is 1. The molecule has 0 amide bonds. The van der Waals surface area contributed by atoms with Crippen LogP contribution in [0.3, 0.4) is 0 Å². The van der Waals surface area contributed by atoms with Crippen molar-refractivity contribution >= 4 is 27.6 Å². The van der Waals surface area contributed by atoms with Gasteiger partial charge in [-0.3, -0.25) is 0 Å². The molecule has 2 fully saturated rings. The van der Waals surface area contributed by atoms with Crippen LogP contribution in [-0.4, -0.2) is 74.3 Å². The number of methoxy groups -OCH3 is 1. The number of likely N-dealkylation sites (tertiary alicyclic amines) is 2. The molecule has 0 saturated carbocycles. The third-order valence-corrected chi connectivity index (χ3v) is 8.00. The summed E-state index contributed by atoms with van der Waals surface area (Å²) < 4.78 is 17.6. The highest BCUT2D eigenvalue weighted by molar-refractivity contribution is 5.96. The first-order valence-corrected chi connectivity index (χ1v) is 14.0. The Labute approximate surface area is 224 Å². The minimum absolute atomic E-state index is 0.425. The van der Waals surface area contributed by atoms with Gasteiger partial charge in [0.05, 0.1) is 31.2 Å². The number of hydrogen-bond donors (Lipinski definition) is 1. The molecule has 0 atom stereocenters. The van der Waals surface area contributed by atoms with Crippen molar-refractivity contribution in [2.75, 3.05) is 58.8 Å². The van der Waals surface area contributed by atoms with Crippen molar-refractivity contribution in [3.8, 4) is 22.8 Å². The average Bonchev–Trinajstić information content (AvgIpc) is 3.63. The first kappa shape index (κ1) is 25.0. The summed E-state index contributed by atoms with van der Waals surface area (Å²) in [6, 6.07) is 15.0. The highest BCUT2D eigenvalue weighted by Gasteiger charge is 2.20. The Balaban J connectivity index is 1.33. The zero-order valence-electron chi connectivity index (χ0n) is 22.5. The zero-order valence-corrected chi connectivity index (χ0v) is 22.5. The van der Waals surface area contributed by atoms with Gasteiger partial charge in [-0.05, 0) is 102 Å². The Kier molecular flexibility index (Phi) is 7.38. The molecule has 4 heterocycles. The molecule has 0 aliphatic carbocycles. The lowest BCUT2D eigenvalue weighted by Gasteiger charge is -2.30. The normalized spacial score (nSPS) is 17.4. The Morgan fingerprint density at radius 2 is 1.84 bits per heavy atom. The van der Waals surface area contributed by atoms with E-state index < -0.39 is 0 Å². The largest absolute Gasteiger partial charge is 0.493 e. The number of aromatic nitrogens is 1. The van der Waals surface area contributed by atoms with E-state index in [2.05, 4.69) is 46.4 Å². The molecule has 38 heavy (non-hydrogen) atoms. The lowest BCUT2D eigenvalue weighted by Crippen LogP contribution is -2.36. The number of hydrogen-bond acceptors (Lipinski definition) is 7. The molecule has 1 N–H and O–H groups in total. The van der Waals surface area contributed by atoms with Crippen molar-refractivity contribution < 1.29 is 13.9 Å². The minimum Gasteiger partial charge on any atom is -0.493 e. The summed E-state index contributed by atoms with van der Waals surface area (Å²) in [5.74, 6) is 1.50. The van der Waals surface area contributed by atoms with Crippen molar-refractivity contribution in [3.05, 3.63) is 48.7 Å². The zero-order chi connectivity index (χ0) is 25.9. The van der Waals surface area contributed by atoms with Crippen LogP contribution >= 0.6 is 0 Å². The summed E-state index contributed by atoms with van der Waals surface area (Å²) >= 11 is 0. The lowest BCUT2D eigenvalue weighted by atomic mass is 10.0. The fourth-order valence-electron chi connectivity index (χ4n) is 5.75. The summed E-state index contributed by atoms with van der Waals surface area (Å²) in [7, 11) is 3.91. The number of nitrogens with one attached hydrogen (secondary N) is 1. The van der Waals surface area contributed by atoms with Gasteiger partial charge < -0.3 is 29.0 Å². The van der Waals surface area contributed by atoms with Crippen LogP contribution in [0.25, 0.3) is 33.1 Å². The van der Waals surface area contributed by atoms with Gasteiger partial charge in [-0.2, -0.15) is 0 Å². The molecular formula is C31H38N4O3. The topological polar surface area (TPSA) is 63.0 Å². The average molecular weight is 515 g/mol. The predicted octanol–water partition coefficient (Wildman–Crippen LogP) is 6.03. The number of fused-ring (bicyclic) bond motifs is 2. The highest BCUT2D eigenvalue weighted by atomic mass is 16.5. The van der Waals surface area contributed by atoms with Gasteiger partial charge in [0.2, 0.25) is 0 Å². The molecule has 2 aromatic carbocycles. The molecule has 2 aromatic heterocycles. The van der Waals surface area contributed by atoms with E-state index in [1.165, 1.54) is 25.9 Å². The van der Waals surface area contributed by atoms with Crippen molar-refractivity contribution in [1.82, 2.24) is 14.8 Å². The van der Waals surface area contributed by atoms with Crippen molar-refractivity contribution in [3.63, 3.8) is 0 Å². The van der Waals surface area contributed by atoms with Gasteiger partial charge in [-0.15, -0.1) is 0 Å². The molecule has 0 unspecified atom stereocenters. The van der Waals surface area contributed by atoms with E-state index in [-0.39, 0.29) is 0 Å². The number of rotatable bonds is 9. The second kappa shape index (κ2) is 11.2. The maximum Gasteiger partial charge on any atom is 0.163 e. The van der Waals surface area contributed by atoms with Crippen LogP contribution in [0.5, 0.6) is 11.5 Å². The van der Waals surface area contributed by atoms with Gasteiger partial charge in [-0.1, -0.05) is 0 Å². The van der Waals surface area contributed by atoms with E-state index in [1.54, 1.807) is 13.4 Å². The molecule has 2 aliphatic heterocycles. The van der Waals surface area contributed by atoms with Gasteiger partial charge in [0.1, 0.15) is 5.58 Å². The molecule has 2 aliphatic rings. The Bertz CT molecular complexity index is 1390. The van der Waals surface area contributed by atoms with E-state index in [1.807, 2.05) is 18.2 Å². The maximum atomic E-state index is 6.26. The van der Waals surface area contributed by atoms with Crippen LogP contribution in [0.4, 0.5) is 5.69 Å². The number of furan rings is 1. The number of pyridine rings is 1. The molecule has 200 valence electrons. The highest BCUT2D eigenvalue weighted by Crippen LogP contribution is 2.38. The van der Waals surface area contributed by atoms with Crippen LogP contribution in [0, 0.1) is 0 Å². The van der Waals surface area contributed by atoms with Gasteiger partial charge in [0.25, 0.3) is 0 Å². The summed E-state index contributed by atoms with van der Waals surface area (Å²) in [6.07, 6.45) is 7.60. The van der Waals surface area contributed by atoms with Crippen LogP contribution in [0.2, 0.25) is 0 Å². The Morgan fingerprint density at radius 1 is 1.00 bits per heavy atom. The number of nitrogens with zero attached hydrogens (tertiary/aromatic N) is 3. The SMILES string of the molecule is COc1cc2c(NC3CCN(C)CC3)cc(-c3ccc4occc4c3)nc2cc1OCCCN1CCCC1. The summed E-state index contributed by atoms with van der Waals surface area (Å²) in [6.45, 7) is 6.37. The lowest BCUT2D eigenvalue weighted by molar-refractivity contribution is 0.254. The van der Waals surface area contributed by atoms with E-state index in [4.69, 9.17) is 18.9 Å². The van der Waals surface area contributed by atoms with E-state index in [0.29, 0.717) is 12.6 Å². The van der Waals surface area contributed by atoms with E-state index >= 15 is 0 Å². The molecule has 2 saturated heterocycles. The number of piperidine rings is 1. The van der Waals surface area contributed by atoms with E-state index in [9.17, 15) is 0 Å². The first-order chi connectivity index (χ1) is 18.7. The second-order valence-corrected chi connectivity index (χ2v) is 10.7. The summed E-state index contributed by atoms with van der Waals surface area (Å²) in [5.41, 5.74) is 4.87. The molecule has 6 rings (SSSR count). The third kappa shape index (κ3) is 5.45. The molecule has 7 heteroatoms. The third-order valence-electron chi connectivity index (χ3n) is 8.00. The maximum absolute atomic E-state index is 6.26. The fourth-order valence-corrected chi connectivity index (χ4v) is 5.75. The van der Waals surface area contributed by atoms with Gasteiger partial charge >= 0.3 is 0 Å². The standard InChI is InChI=1S/C31H38N4O3/c1-34-14-8-24(9-15-34)32-27-20-26(22-6-7-29-23(18-22)10-17-38-29)33-28-21-31(30(36-2)19-25(27)28)37-16-5-13-35-11-3-4-12-35/h6-7,10,17-21,24H,3-5,8-9,11-16H2,1-2H3,(H,32,33). The molecule has 7 nitrogen and oxygen atoms in total. The number of ether oxygens (including phenoxy) is 2. The minimum atomic E-state index is 0.425.